The smallest absolute Gasteiger partial charge is 0.248 e. The van der Waals surface area contributed by atoms with Gasteiger partial charge in [-0.15, -0.1) is 11.3 Å². The molecule has 8 heteroatoms. The Bertz CT molecular complexity index is 1210. The number of primary amides is 1. The first-order valence-corrected chi connectivity index (χ1v) is 10.9. The van der Waals surface area contributed by atoms with Crippen molar-refractivity contribution in [2.75, 3.05) is 5.32 Å². The summed E-state index contributed by atoms with van der Waals surface area (Å²) in [5.41, 5.74) is 8.40. The second kappa shape index (κ2) is 8.64. The number of thioether (sulfide) groups is 1. The van der Waals surface area contributed by atoms with Gasteiger partial charge in [-0.05, 0) is 36.8 Å². The third kappa shape index (κ3) is 4.19. The van der Waals surface area contributed by atoms with Crippen molar-refractivity contribution in [3.05, 3.63) is 71.9 Å². The number of amides is 2. The SMILES string of the molecule is CC(Sc1ncnc2scc(-c3ccccc3)c12)C(=O)Nc1ccc(C(N)=O)cc1. The van der Waals surface area contributed by atoms with Gasteiger partial charge in [-0.25, -0.2) is 9.97 Å². The van der Waals surface area contributed by atoms with E-state index in [4.69, 9.17) is 5.73 Å². The number of hydrogen-bond acceptors (Lipinski definition) is 6. The van der Waals surface area contributed by atoms with Gasteiger partial charge in [0, 0.05) is 22.2 Å². The molecular formula is C22H18N4O2S2. The number of anilines is 1. The molecule has 2 aromatic heterocycles. The lowest BCUT2D eigenvalue weighted by molar-refractivity contribution is -0.115. The Morgan fingerprint density at radius 3 is 2.50 bits per heavy atom. The maximum Gasteiger partial charge on any atom is 0.248 e. The van der Waals surface area contributed by atoms with E-state index in [1.165, 1.54) is 18.1 Å². The quantitative estimate of drug-likeness (QED) is 0.342. The molecule has 2 amide bonds. The number of aromatic nitrogens is 2. The number of carbonyl (C=O) groups excluding carboxylic acids is 2. The number of rotatable bonds is 6. The molecule has 0 spiro atoms. The van der Waals surface area contributed by atoms with Crippen LogP contribution in [0.3, 0.4) is 0 Å². The first-order valence-electron chi connectivity index (χ1n) is 9.18. The molecule has 0 fully saturated rings. The predicted molar refractivity (Wildman–Crippen MR) is 122 cm³/mol. The van der Waals surface area contributed by atoms with E-state index in [9.17, 15) is 9.59 Å². The van der Waals surface area contributed by atoms with Gasteiger partial charge in [0.25, 0.3) is 0 Å². The zero-order valence-corrected chi connectivity index (χ0v) is 17.7. The molecule has 2 aromatic carbocycles. The van der Waals surface area contributed by atoms with Crippen molar-refractivity contribution >= 4 is 50.8 Å². The zero-order valence-electron chi connectivity index (χ0n) is 16.0. The highest BCUT2D eigenvalue weighted by molar-refractivity contribution is 8.00. The van der Waals surface area contributed by atoms with Gasteiger partial charge in [-0.3, -0.25) is 9.59 Å². The van der Waals surface area contributed by atoms with Gasteiger partial charge in [0.15, 0.2) is 0 Å². The number of hydrogen-bond donors (Lipinski definition) is 2. The fourth-order valence-corrected chi connectivity index (χ4v) is 4.86. The molecule has 4 aromatic rings. The summed E-state index contributed by atoms with van der Waals surface area (Å²) in [5, 5.41) is 6.28. The summed E-state index contributed by atoms with van der Waals surface area (Å²) in [6.45, 7) is 1.83. The molecule has 0 aliphatic carbocycles. The van der Waals surface area contributed by atoms with Crippen molar-refractivity contribution in [2.24, 2.45) is 5.73 Å². The molecule has 0 saturated heterocycles. The van der Waals surface area contributed by atoms with Crippen LogP contribution < -0.4 is 11.1 Å². The van der Waals surface area contributed by atoms with E-state index >= 15 is 0 Å². The van der Waals surface area contributed by atoms with Crippen LogP contribution in [-0.4, -0.2) is 27.0 Å². The molecule has 0 radical (unpaired) electrons. The summed E-state index contributed by atoms with van der Waals surface area (Å²) in [6, 6.07) is 16.6. The highest BCUT2D eigenvalue weighted by Crippen LogP contribution is 2.39. The molecule has 150 valence electrons. The van der Waals surface area contributed by atoms with Crippen LogP contribution in [0.1, 0.15) is 17.3 Å². The molecule has 0 saturated carbocycles. The van der Waals surface area contributed by atoms with Crippen LogP contribution in [0.2, 0.25) is 0 Å². The zero-order chi connectivity index (χ0) is 21.1. The Hall–Kier alpha value is -3.23. The Balaban J connectivity index is 1.55. The van der Waals surface area contributed by atoms with Gasteiger partial charge in [-0.2, -0.15) is 0 Å². The summed E-state index contributed by atoms with van der Waals surface area (Å²) in [4.78, 5) is 33.6. The summed E-state index contributed by atoms with van der Waals surface area (Å²) < 4.78 is 0. The molecule has 3 N–H and O–H groups in total. The van der Waals surface area contributed by atoms with E-state index in [1.54, 1.807) is 35.6 Å². The first kappa shape index (κ1) is 20.1. The minimum absolute atomic E-state index is 0.157. The summed E-state index contributed by atoms with van der Waals surface area (Å²) >= 11 is 2.95. The van der Waals surface area contributed by atoms with Gasteiger partial charge >= 0.3 is 0 Å². The Kier molecular flexibility index (Phi) is 5.78. The largest absolute Gasteiger partial charge is 0.366 e. The van der Waals surface area contributed by atoms with Crippen molar-refractivity contribution < 1.29 is 9.59 Å². The van der Waals surface area contributed by atoms with Gasteiger partial charge in [0.05, 0.1) is 10.6 Å². The number of carbonyl (C=O) groups is 2. The van der Waals surface area contributed by atoms with Crippen LogP contribution in [-0.2, 0) is 4.79 Å². The highest BCUT2D eigenvalue weighted by Gasteiger charge is 2.20. The third-order valence-corrected chi connectivity index (χ3v) is 6.50. The lowest BCUT2D eigenvalue weighted by Gasteiger charge is -2.13. The Labute approximate surface area is 181 Å². The molecule has 4 rings (SSSR count). The molecule has 0 aliphatic heterocycles. The maximum absolute atomic E-state index is 12.7. The van der Waals surface area contributed by atoms with Crippen LogP contribution in [0, 0.1) is 0 Å². The van der Waals surface area contributed by atoms with Gasteiger partial charge in [-0.1, -0.05) is 42.1 Å². The summed E-state index contributed by atoms with van der Waals surface area (Å²) in [7, 11) is 0. The second-order valence-corrected chi connectivity index (χ2v) is 8.75. The molecular weight excluding hydrogens is 416 g/mol. The standard InChI is InChI=1S/C22H18N4O2S2/c1-13(20(28)26-16-9-7-15(8-10-16)19(23)27)30-22-18-17(14-5-3-2-4-6-14)11-29-21(18)24-12-25-22/h2-13H,1H3,(H2,23,27)(H,26,28). The van der Waals surface area contributed by atoms with E-state index in [0.717, 1.165) is 26.4 Å². The number of fused-ring (bicyclic) bond motifs is 1. The van der Waals surface area contributed by atoms with Crippen molar-refractivity contribution in [3.8, 4) is 11.1 Å². The fourth-order valence-electron chi connectivity index (χ4n) is 2.95. The van der Waals surface area contributed by atoms with E-state index in [-0.39, 0.29) is 11.2 Å². The molecule has 2 heterocycles. The van der Waals surface area contributed by atoms with Crippen molar-refractivity contribution in [2.45, 2.75) is 17.2 Å². The molecule has 6 nitrogen and oxygen atoms in total. The van der Waals surface area contributed by atoms with Crippen LogP contribution in [0.5, 0.6) is 0 Å². The van der Waals surface area contributed by atoms with Gasteiger partial charge < -0.3 is 11.1 Å². The van der Waals surface area contributed by atoms with Crippen molar-refractivity contribution in [3.63, 3.8) is 0 Å². The molecule has 30 heavy (non-hydrogen) atoms. The third-order valence-electron chi connectivity index (χ3n) is 4.51. The van der Waals surface area contributed by atoms with Crippen LogP contribution in [0.25, 0.3) is 21.3 Å². The monoisotopic (exact) mass is 434 g/mol. The maximum atomic E-state index is 12.7. The van der Waals surface area contributed by atoms with Crippen LogP contribution in [0.4, 0.5) is 5.69 Å². The number of benzene rings is 2. The summed E-state index contributed by atoms with van der Waals surface area (Å²) in [6.07, 6.45) is 1.53. The predicted octanol–water partition coefficient (Wildman–Crippen LogP) is 4.58. The minimum Gasteiger partial charge on any atom is -0.366 e. The van der Waals surface area contributed by atoms with Crippen LogP contribution in [0.15, 0.2) is 71.3 Å². The lowest BCUT2D eigenvalue weighted by Crippen LogP contribution is -2.22. The minimum atomic E-state index is -0.505. The first-order chi connectivity index (χ1) is 14.5. The fraction of sp³-hybridized carbons (Fsp3) is 0.0909. The van der Waals surface area contributed by atoms with E-state index in [2.05, 4.69) is 32.8 Å². The average Bonchev–Trinajstić information content (AvgIpc) is 3.20. The number of nitrogens with one attached hydrogen (secondary N) is 1. The number of nitrogens with two attached hydrogens (primary N) is 1. The van der Waals surface area contributed by atoms with E-state index in [0.29, 0.717) is 11.3 Å². The molecule has 0 aliphatic rings. The Morgan fingerprint density at radius 1 is 1.07 bits per heavy atom. The Morgan fingerprint density at radius 2 is 1.80 bits per heavy atom. The van der Waals surface area contributed by atoms with E-state index < -0.39 is 5.91 Å². The molecule has 0 bridgehead atoms. The van der Waals surface area contributed by atoms with Gasteiger partial charge in [0.1, 0.15) is 16.2 Å². The van der Waals surface area contributed by atoms with Gasteiger partial charge in [0.2, 0.25) is 11.8 Å². The number of thiophene rings is 1. The van der Waals surface area contributed by atoms with Crippen molar-refractivity contribution in [1.29, 1.82) is 0 Å². The lowest BCUT2D eigenvalue weighted by atomic mass is 10.1. The second-order valence-electron chi connectivity index (χ2n) is 6.57. The number of nitrogens with zero attached hydrogens (tertiary/aromatic N) is 2. The van der Waals surface area contributed by atoms with E-state index in [1.807, 2.05) is 25.1 Å². The normalized spacial score (nSPS) is 11.9. The summed E-state index contributed by atoms with van der Waals surface area (Å²) in [5.74, 6) is -0.662. The van der Waals surface area contributed by atoms with Crippen molar-refractivity contribution in [1.82, 2.24) is 9.97 Å². The van der Waals surface area contributed by atoms with Crippen LogP contribution >= 0.6 is 23.1 Å². The topological polar surface area (TPSA) is 98.0 Å². The molecule has 1 atom stereocenters. The average molecular weight is 435 g/mol. The highest BCUT2D eigenvalue weighted by atomic mass is 32.2. The molecule has 1 unspecified atom stereocenters.